The van der Waals surface area contributed by atoms with Crippen LogP contribution in [0.1, 0.15) is 48.5 Å². The maximum Gasteiger partial charge on any atom is 0.264 e. The molecule has 0 radical (unpaired) electrons. The van der Waals surface area contributed by atoms with Crippen LogP contribution >= 0.6 is 0 Å². The molecule has 1 N–H and O–H groups in total. The third kappa shape index (κ3) is 5.96. The smallest absolute Gasteiger partial charge is 0.264 e. The van der Waals surface area contributed by atoms with Gasteiger partial charge in [-0.25, -0.2) is 13.1 Å². The molecule has 1 heterocycles. The van der Waals surface area contributed by atoms with E-state index < -0.39 is 15.9 Å². The fourth-order valence-electron chi connectivity index (χ4n) is 3.79. The van der Waals surface area contributed by atoms with Crippen molar-refractivity contribution >= 4 is 33.5 Å². The van der Waals surface area contributed by atoms with Crippen LogP contribution in [0.2, 0.25) is 0 Å². The molecule has 0 aromatic heterocycles. The van der Waals surface area contributed by atoms with Gasteiger partial charge in [-0.1, -0.05) is 6.92 Å². The lowest BCUT2D eigenvalue weighted by molar-refractivity contribution is -0.119. The molecule has 1 fully saturated rings. The van der Waals surface area contributed by atoms with E-state index in [1.165, 1.54) is 30.3 Å². The van der Waals surface area contributed by atoms with Crippen LogP contribution in [0.5, 0.6) is 11.5 Å². The summed E-state index contributed by atoms with van der Waals surface area (Å²) in [7, 11) is -0.795. The van der Waals surface area contributed by atoms with Crippen molar-refractivity contribution in [1.29, 1.82) is 0 Å². The summed E-state index contributed by atoms with van der Waals surface area (Å²) in [5.41, 5.74) is 2.01. The molecule has 0 unspecified atom stereocenters. The first-order valence-electron chi connectivity index (χ1n) is 11.2. The first-order chi connectivity index (χ1) is 16.3. The average molecular weight is 487 g/mol. The Balaban J connectivity index is 1.80. The Kier molecular flexibility index (Phi) is 8.33. The van der Waals surface area contributed by atoms with E-state index in [9.17, 15) is 18.0 Å². The first kappa shape index (κ1) is 25.3. The minimum absolute atomic E-state index is 0.0791. The van der Waals surface area contributed by atoms with Crippen LogP contribution < -0.4 is 19.1 Å². The highest BCUT2D eigenvalue weighted by Crippen LogP contribution is 2.37. The maximum absolute atomic E-state index is 12.7. The Bertz CT molecular complexity index is 1170. The number of sulfonamides is 1. The van der Waals surface area contributed by atoms with Crippen LogP contribution in [0.4, 0.5) is 5.69 Å². The maximum atomic E-state index is 12.7. The van der Waals surface area contributed by atoms with E-state index in [1.807, 2.05) is 16.9 Å². The Morgan fingerprint density at radius 3 is 2.26 bits per heavy atom. The van der Waals surface area contributed by atoms with E-state index in [-0.39, 0.29) is 17.1 Å². The van der Waals surface area contributed by atoms with Gasteiger partial charge in [-0.15, -0.1) is 0 Å². The number of benzene rings is 2. The monoisotopic (exact) mass is 486 g/mol. The van der Waals surface area contributed by atoms with E-state index in [4.69, 9.17) is 9.47 Å². The second-order valence-corrected chi connectivity index (χ2v) is 9.64. The van der Waals surface area contributed by atoms with Crippen molar-refractivity contribution in [2.45, 2.75) is 37.5 Å². The van der Waals surface area contributed by atoms with E-state index in [1.54, 1.807) is 27.2 Å². The molecule has 0 aliphatic carbocycles. The molecule has 2 aromatic rings. The summed E-state index contributed by atoms with van der Waals surface area (Å²) in [6, 6.07) is 9.22. The predicted molar refractivity (Wildman–Crippen MR) is 131 cm³/mol. The fourth-order valence-corrected chi connectivity index (χ4v) is 4.80. The number of ether oxygens (including phenoxy) is 2. The minimum Gasteiger partial charge on any atom is -0.496 e. The van der Waals surface area contributed by atoms with E-state index in [0.717, 1.165) is 37.2 Å². The normalized spacial score (nSPS) is 13.8. The SMILES string of the molecule is CCCC(=O)NS(=O)(=O)c1ccc(C(=O)C=Cc2cc(N3CCCC3)c(OC)cc2OC)cc1. The molecular weight excluding hydrogens is 456 g/mol. The van der Waals surface area contributed by atoms with Gasteiger partial charge in [0.25, 0.3) is 10.0 Å². The van der Waals surface area contributed by atoms with Crippen molar-refractivity contribution in [3.05, 3.63) is 53.6 Å². The van der Waals surface area contributed by atoms with E-state index in [2.05, 4.69) is 4.90 Å². The number of carbonyl (C=O) groups is 2. The molecule has 0 atom stereocenters. The van der Waals surface area contributed by atoms with Crippen LogP contribution in [-0.4, -0.2) is 47.4 Å². The summed E-state index contributed by atoms with van der Waals surface area (Å²) in [6.45, 7) is 3.67. The molecular formula is C25H30N2O6S. The van der Waals surface area contributed by atoms with Gasteiger partial charge in [0, 0.05) is 36.7 Å². The number of hydrogen-bond donors (Lipinski definition) is 1. The number of amides is 1. The lowest BCUT2D eigenvalue weighted by Crippen LogP contribution is -2.30. The minimum atomic E-state index is -3.97. The van der Waals surface area contributed by atoms with Crippen molar-refractivity contribution in [1.82, 2.24) is 4.72 Å². The Morgan fingerprint density at radius 1 is 1.03 bits per heavy atom. The zero-order chi connectivity index (χ0) is 24.7. The van der Waals surface area contributed by atoms with Gasteiger partial charge in [0.2, 0.25) is 5.91 Å². The molecule has 3 rings (SSSR count). The van der Waals surface area contributed by atoms with Crippen LogP contribution in [0, 0.1) is 0 Å². The molecule has 0 spiro atoms. The van der Waals surface area contributed by atoms with Gasteiger partial charge in [-0.3, -0.25) is 9.59 Å². The zero-order valence-corrected chi connectivity index (χ0v) is 20.5. The van der Waals surface area contributed by atoms with Crippen LogP contribution in [-0.2, 0) is 14.8 Å². The third-order valence-corrected chi connectivity index (χ3v) is 6.96. The van der Waals surface area contributed by atoms with E-state index >= 15 is 0 Å². The number of hydrogen-bond acceptors (Lipinski definition) is 7. The number of allylic oxidation sites excluding steroid dienone is 1. The summed E-state index contributed by atoms with van der Waals surface area (Å²) in [4.78, 5) is 26.5. The number of carbonyl (C=O) groups excluding carboxylic acids is 2. The lowest BCUT2D eigenvalue weighted by atomic mass is 10.1. The largest absolute Gasteiger partial charge is 0.496 e. The molecule has 8 nitrogen and oxygen atoms in total. The standard InChI is InChI=1S/C25H30N2O6S/c1-4-7-25(29)26-34(30,31)20-11-8-18(9-12-20)22(28)13-10-19-16-21(27-14-5-6-15-27)24(33-3)17-23(19)32-2/h8-13,16-17H,4-7,14-15H2,1-3H3,(H,26,29). The van der Waals surface area contributed by atoms with Gasteiger partial charge < -0.3 is 14.4 Å². The van der Waals surface area contributed by atoms with Gasteiger partial charge in [0.15, 0.2) is 5.78 Å². The van der Waals surface area contributed by atoms with Gasteiger partial charge in [0.05, 0.1) is 24.8 Å². The summed E-state index contributed by atoms with van der Waals surface area (Å²) >= 11 is 0. The van der Waals surface area contributed by atoms with Crippen molar-refractivity contribution < 1.29 is 27.5 Å². The van der Waals surface area contributed by atoms with Gasteiger partial charge in [0.1, 0.15) is 11.5 Å². The second-order valence-electron chi connectivity index (χ2n) is 7.96. The summed E-state index contributed by atoms with van der Waals surface area (Å²) in [6.07, 6.45) is 5.99. The van der Waals surface area contributed by atoms with Crippen LogP contribution in [0.3, 0.4) is 0 Å². The first-order valence-corrected chi connectivity index (χ1v) is 12.7. The zero-order valence-electron chi connectivity index (χ0n) is 19.7. The van der Waals surface area contributed by atoms with Crippen molar-refractivity contribution in [2.24, 2.45) is 0 Å². The summed E-state index contributed by atoms with van der Waals surface area (Å²) < 4.78 is 37.7. The van der Waals surface area contributed by atoms with Gasteiger partial charge >= 0.3 is 0 Å². The Labute approximate surface area is 200 Å². The number of methoxy groups -OCH3 is 2. The van der Waals surface area contributed by atoms with Crippen molar-refractivity contribution in [3.8, 4) is 11.5 Å². The molecule has 182 valence electrons. The molecule has 9 heteroatoms. The molecule has 0 saturated carbocycles. The topological polar surface area (TPSA) is 102 Å². The molecule has 34 heavy (non-hydrogen) atoms. The van der Waals surface area contributed by atoms with E-state index in [0.29, 0.717) is 23.5 Å². The number of nitrogens with one attached hydrogen (secondary N) is 1. The van der Waals surface area contributed by atoms with Gasteiger partial charge in [-0.05, 0) is 61.7 Å². The molecule has 2 aromatic carbocycles. The number of nitrogens with zero attached hydrogens (tertiary/aromatic N) is 1. The lowest BCUT2D eigenvalue weighted by Gasteiger charge is -2.22. The average Bonchev–Trinajstić information content (AvgIpc) is 3.36. The van der Waals surface area contributed by atoms with Crippen molar-refractivity contribution in [3.63, 3.8) is 0 Å². The van der Waals surface area contributed by atoms with Crippen molar-refractivity contribution in [2.75, 3.05) is 32.2 Å². The molecule has 1 aliphatic heterocycles. The molecule has 0 bridgehead atoms. The molecule has 1 saturated heterocycles. The number of ketones is 1. The van der Waals surface area contributed by atoms with Gasteiger partial charge in [-0.2, -0.15) is 0 Å². The Hall–Kier alpha value is -3.33. The highest BCUT2D eigenvalue weighted by Gasteiger charge is 2.20. The highest BCUT2D eigenvalue weighted by molar-refractivity contribution is 7.90. The highest BCUT2D eigenvalue weighted by atomic mass is 32.2. The Morgan fingerprint density at radius 2 is 1.68 bits per heavy atom. The molecule has 1 amide bonds. The predicted octanol–water partition coefficient (Wildman–Crippen LogP) is 3.81. The number of rotatable bonds is 10. The quantitative estimate of drug-likeness (QED) is 0.402. The van der Waals surface area contributed by atoms with Crippen LogP contribution in [0.15, 0.2) is 47.4 Å². The number of anilines is 1. The summed E-state index contributed by atoms with van der Waals surface area (Å²) in [5, 5.41) is 0. The fraction of sp³-hybridized carbons (Fsp3) is 0.360. The van der Waals surface area contributed by atoms with Crippen LogP contribution in [0.25, 0.3) is 6.08 Å². The third-order valence-electron chi connectivity index (χ3n) is 5.57. The summed E-state index contributed by atoms with van der Waals surface area (Å²) in [5.74, 6) is 0.435. The second kappa shape index (κ2) is 11.2. The molecule has 1 aliphatic rings.